The van der Waals surface area contributed by atoms with Crippen LogP contribution in [0.3, 0.4) is 0 Å². The highest BCUT2D eigenvalue weighted by Gasteiger charge is 2.16. The lowest BCUT2D eigenvalue weighted by atomic mass is 10.00. The predicted octanol–water partition coefficient (Wildman–Crippen LogP) is 2.08. The first kappa shape index (κ1) is 13.9. The number of hydrogen-bond acceptors (Lipinski definition) is 3. The van der Waals surface area contributed by atoms with Crippen LogP contribution >= 0.6 is 0 Å². The highest BCUT2D eigenvalue weighted by molar-refractivity contribution is 5.22. The summed E-state index contributed by atoms with van der Waals surface area (Å²) in [7, 11) is 0. The maximum Gasteiger partial charge on any atom is 0.126 e. The first-order chi connectivity index (χ1) is 8.03. The minimum atomic E-state index is -0.793. The van der Waals surface area contributed by atoms with E-state index in [1.54, 1.807) is 19.1 Å². The Kier molecular flexibility index (Phi) is 5.38. The Morgan fingerprint density at radius 1 is 1.41 bits per heavy atom. The Morgan fingerprint density at radius 2 is 2.18 bits per heavy atom. The maximum absolute atomic E-state index is 12.8. The van der Waals surface area contributed by atoms with Crippen LogP contribution in [0.2, 0.25) is 0 Å². The average Bonchev–Trinajstić information content (AvgIpc) is 2.29. The number of nitrogens with two attached hydrogens (primary N) is 1. The fourth-order valence-electron chi connectivity index (χ4n) is 1.46. The third kappa shape index (κ3) is 5.65. The van der Waals surface area contributed by atoms with E-state index in [1.165, 1.54) is 12.1 Å². The van der Waals surface area contributed by atoms with Crippen LogP contribution in [0.25, 0.3) is 0 Å². The van der Waals surface area contributed by atoms with Crippen molar-refractivity contribution >= 4 is 0 Å². The summed E-state index contributed by atoms with van der Waals surface area (Å²) >= 11 is 0. The third-order valence-electron chi connectivity index (χ3n) is 2.61. The van der Waals surface area contributed by atoms with Crippen molar-refractivity contribution in [2.75, 3.05) is 13.2 Å². The molecule has 96 valence electrons. The van der Waals surface area contributed by atoms with Gasteiger partial charge in [-0.25, -0.2) is 4.39 Å². The lowest BCUT2D eigenvalue weighted by Crippen LogP contribution is -2.33. The molecule has 3 N–H and O–H groups in total. The summed E-state index contributed by atoms with van der Waals surface area (Å²) in [4.78, 5) is 0. The zero-order valence-corrected chi connectivity index (χ0v) is 10.2. The number of ether oxygens (including phenoxy) is 1. The summed E-state index contributed by atoms with van der Waals surface area (Å²) in [5.74, 6) is 0.240. The summed E-state index contributed by atoms with van der Waals surface area (Å²) in [6.07, 6.45) is 2.29. The molecule has 0 aliphatic rings. The van der Waals surface area contributed by atoms with E-state index in [4.69, 9.17) is 10.5 Å². The second-order valence-electron chi connectivity index (χ2n) is 4.46. The van der Waals surface area contributed by atoms with Crippen LogP contribution in [0, 0.1) is 5.82 Å². The second kappa shape index (κ2) is 6.57. The van der Waals surface area contributed by atoms with Crippen molar-refractivity contribution in [1.29, 1.82) is 0 Å². The molecule has 0 saturated carbocycles. The first-order valence-electron chi connectivity index (χ1n) is 5.84. The van der Waals surface area contributed by atoms with Gasteiger partial charge in [0.1, 0.15) is 11.6 Å². The van der Waals surface area contributed by atoms with E-state index < -0.39 is 5.60 Å². The quantitative estimate of drug-likeness (QED) is 0.719. The molecule has 1 unspecified atom stereocenters. The lowest BCUT2D eigenvalue weighted by Gasteiger charge is -2.20. The average molecular weight is 241 g/mol. The fourth-order valence-corrected chi connectivity index (χ4v) is 1.46. The molecule has 1 rings (SSSR count). The normalized spacial score (nSPS) is 14.4. The van der Waals surface area contributed by atoms with Gasteiger partial charge >= 0.3 is 0 Å². The lowest BCUT2D eigenvalue weighted by molar-refractivity contribution is 0.0562. The third-order valence-corrected chi connectivity index (χ3v) is 2.61. The van der Waals surface area contributed by atoms with Crippen LogP contribution in [-0.4, -0.2) is 23.9 Å². The molecule has 0 saturated heterocycles. The van der Waals surface area contributed by atoms with E-state index in [0.717, 1.165) is 12.8 Å². The molecule has 1 aromatic rings. The molecule has 4 heteroatoms. The summed E-state index contributed by atoms with van der Waals surface area (Å²) in [5, 5.41) is 9.66. The summed E-state index contributed by atoms with van der Waals surface area (Å²) in [6.45, 7) is 2.50. The van der Waals surface area contributed by atoms with Gasteiger partial charge in [-0.15, -0.1) is 0 Å². The molecule has 0 fully saturated rings. The van der Waals surface area contributed by atoms with Gasteiger partial charge in [0.05, 0.1) is 12.2 Å². The highest BCUT2D eigenvalue weighted by Crippen LogP contribution is 2.14. The molecule has 0 spiro atoms. The summed E-state index contributed by atoms with van der Waals surface area (Å²) in [6, 6.07) is 6.07. The van der Waals surface area contributed by atoms with Gasteiger partial charge in [0.15, 0.2) is 0 Å². The summed E-state index contributed by atoms with van der Waals surface area (Å²) in [5.41, 5.74) is 4.61. The van der Waals surface area contributed by atoms with E-state index in [-0.39, 0.29) is 12.4 Å². The van der Waals surface area contributed by atoms with Gasteiger partial charge in [0.25, 0.3) is 0 Å². The van der Waals surface area contributed by atoms with E-state index in [1.807, 2.05) is 0 Å². The number of hydrogen-bond donors (Lipinski definition) is 2. The Bertz CT molecular complexity index is 342. The molecule has 1 aromatic carbocycles. The van der Waals surface area contributed by atoms with Gasteiger partial charge in [0.2, 0.25) is 0 Å². The van der Waals surface area contributed by atoms with Crippen molar-refractivity contribution in [3.63, 3.8) is 0 Å². The van der Waals surface area contributed by atoms with E-state index in [2.05, 4.69) is 0 Å². The van der Waals surface area contributed by atoms with Crippen molar-refractivity contribution < 1.29 is 14.2 Å². The number of rotatable bonds is 7. The van der Waals surface area contributed by atoms with Crippen molar-refractivity contribution in [1.82, 2.24) is 0 Å². The molecule has 17 heavy (non-hydrogen) atoms. The molecule has 1 atom stereocenters. The smallest absolute Gasteiger partial charge is 0.126 e. The number of halogens is 1. The Hall–Kier alpha value is -1.13. The van der Waals surface area contributed by atoms with Gasteiger partial charge in [0, 0.05) is 12.6 Å². The zero-order valence-electron chi connectivity index (χ0n) is 10.2. The van der Waals surface area contributed by atoms with Gasteiger partial charge in [-0.2, -0.15) is 0 Å². The van der Waals surface area contributed by atoms with E-state index >= 15 is 0 Å². The van der Waals surface area contributed by atoms with Crippen LogP contribution < -0.4 is 10.5 Å². The summed E-state index contributed by atoms with van der Waals surface area (Å²) < 4.78 is 18.2. The number of benzene rings is 1. The molecular formula is C13H20FNO2. The number of unbranched alkanes of at least 4 members (excludes halogenated alkanes) is 1. The second-order valence-corrected chi connectivity index (χ2v) is 4.46. The Labute approximate surface area is 101 Å². The molecule has 3 nitrogen and oxygen atoms in total. The highest BCUT2D eigenvalue weighted by atomic mass is 19.1. The van der Waals surface area contributed by atoms with Crippen molar-refractivity contribution in [3.05, 3.63) is 30.1 Å². The maximum atomic E-state index is 12.8. The Balaban J connectivity index is 2.17. The first-order valence-corrected chi connectivity index (χ1v) is 5.84. The largest absolute Gasteiger partial charge is 0.493 e. The molecule has 0 aliphatic heterocycles. The molecule has 0 bridgehead atoms. The van der Waals surface area contributed by atoms with Crippen LogP contribution in [0.4, 0.5) is 4.39 Å². The zero-order chi connectivity index (χ0) is 12.7. The van der Waals surface area contributed by atoms with Gasteiger partial charge in [-0.3, -0.25) is 0 Å². The minimum Gasteiger partial charge on any atom is -0.493 e. The van der Waals surface area contributed by atoms with Crippen molar-refractivity contribution in [3.8, 4) is 5.75 Å². The minimum absolute atomic E-state index is 0.262. The van der Waals surface area contributed by atoms with Crippen molar-refractivity contribution in [2.45, 2.75) is 31.8 Å². The molecule has 0 aromatic heterocycles. The van der Waals surface area contributed by atoms with E-state index in [0.29, 0.717) is 18.8 Å². The number of aliphatic hydroxyl groups is 1. The van der Waals surface area contributed by atoms with Crippen LogP contribution in [0.1, 0.15) is 26.2 Å². The monoisotopic (exact) mass is 241 g/mol. The van der Waals surface area contributed by atoms with Gasteiger partial charge in [-0.05, 0) is 38.3 Å². The molecule has 0 heterocycles. The molecule has 0 amide bonds. The molecule has 0 radical (unpaired) electrons. The SMILES string of the molecule is CC(O)(CN)CCCCOc1cccc(F)c1. The molecular weight excluding hydrogens is 221 g/mol. The standard InChI is InChI=1S/C13H20FNO2/c1-13(16,10-15)7-2-3-8-17-12-6-4-5-11(14)9-12/h4-6,9,16H,2-3,7-8,10,15H2,1H3. The van der Waals surface area contributed by atoms with Crippen LogP contribution in [0.15, 0.2) is 24.3 Å². The predicted molar refractivity (Wildman–Crippen MR) is 65.4 cm³/mol. The fraction of sp³-hybridized carbons (Fsp3) is 0.538. The Morgan fingerprint density at radius 3 is 2.82 bits per heavy atom. The van der Waals surface area contributed by atoms with Crippen molar-refractivity contribution in [2.24, 2.45) is 5.73 Å². The topological polar surface area (TPSA) is 55.5 Å². The molecule has 0 aliphatic carbocycles. The van der Waals surface area contributed by atoms with Gasteiger partial charge in [-0.1, -0.05) is 6.07 Å². The van der Waals surface area contributed by atoms with E-state index in [9.17, 15) is 9.50 Å². The van der Waals surface area contributed by atoms with Crippen LogP contribution in [-0.2, 0) is 0 Å². The van der Waals surface area contributed by atoms with Crippen LogP contribution in [0.5, 0.6) is 5.75 Å². The van der Waals surface area contributed by atoms with Gasteiger partial charge < -0.3 is 15.6 Å².